The molecule has 0 heterocycles. The fourth-order valence-corrected chi connectivity index (χ4v) is 5.81. The summed E-state index contributed by atoms with van der Waals surface area (Å²) in [5.41, 5.74) is 6.23. The largest absolute Gasteiger partial charge is 0.445 e. The maximum Gasteiger partial charge on any atom is 0.408 e. The fraction of sp³-hybridized carbons (Fsp3) is 0.349. The van der Waals surface area contributed by atoms with Crippen LogP contribution in [0, 0.1) is 11.8 Å². The van der Waals surface area contributed by atoms with Gasteiger partial charge in [0.15, 0.2) is 0 Å². The maximum atomic E-state index is 13.8. The van der Waals surface area contributed by atoms with Crippen LogP contribution in [0.5, 0.6) is 0 Å². The zero-order valence-electron chi connectivity index (χ0n) is 31.9. The molecule has 12 heteroatoms. The molecule has 4 atom stereocenters. The number of amides is 4. The lowest BCUT2D eigenvalue weighted by molar-refractivity contribution is -0.131. The third-order valence-corrected chi connectivity index (χ3v) is 8.85. The number of nitrogens with zero attached hydrogens (tertiary/aromatic N) is 1. The minimum absolute atomic E-state index is 0.0412. The van der Waals surface area contributed by atoms with Crippen molar-refractivity contribution in [2.45, 2.75) is 78.1 Å². The van der Waals surface area contributed by atoms with E-state index >= 15 is 0 Å². The molecule has 5 N–H and O–H groups in total. The number of nitrogens with one attached hydrogen (secondary N) is 4. The first-order valence-corrected chi connectivity index (χ1v) is 18.5. The Morgan fingerprint density at radius 2 is 0.964 bits per heavy atom. The van der Waals surface area contributed by atoms with Crippen LogP contribution in [0.25, 0.3) is 0 Å². The Labute approximate surface area is 323 Å². The van der Waals surface area contributed by atoms with Crippen LogP contribution < -0.4 is 21.4 Å². The lowest BCUT2D eigenvalue weighted by Crippen LogP contribution is -2.59. The van der Waals surface area contributed by atoms with Crippen molar-refractivity contribution in [3.8, 4) is 0 Å². The predicted octanol–water partition coefficient (Wildman–Crippen LogP) is 5.51. The summed E-state index contributed by atoms with van der Waals surface area (Å²) in [5, 5.41) is 21.8. The molecule has 0 fully saturated rings. The molecule has 55 heavy (non-hydrogen) atoms. The highest BCUT2D eigenvalue weighted by Crippen LogP contribution is 2.13. The van der Waals surface area contributed by atoms with E-state index in [1.807, 2.05) is 121 Å². The van der Waals surface area contributed by atoms with Crippen molar-refractivity contribution in [1.82, 2.24) is 26.4 Å². The van der Waals surface area contributed by atoms with Crippen molar-refractivity contribution in [2.24, 2.45) is 11.8 Å². The standard InChI is InChI=1S/C43H53N5O7/c1-30(2)38(45-42(52)54-28-34-21-13-7-14-22-34)40(50)44-36(25-32-17-9-5-10-18-32)37(49)27-48(26-33-19-11-6-12-20-33)47-41(51)39(31(3)4)46-43(53)55-29-35-23-15-8-16-24-35/h5-24,30-31,36-39,49H,25-29H2,1-4H3,(H,44,50)(H,45,52)(H,46,53)(H,47,51)/t36-,37-,38+,39+/m0/s1. The van der Waals surface area contributed by atoms with Crippen molar-refractivity contribution < 1.29 is 33.8 Å². The second kappa shape index (κ2) is 21.9. The number of alkyl carbamates (subject to hydrolysis) is 2. The fourth-order valence-electron chi connectivity index (χ4n) is 5.81. The van der Waals surface area contributed by atoms with Crippen LogP contribution in [-0.4, -0.2) is 64.9 Å². The molecule has 0 aromatic heterocycles. The summed E-state index contributed by atoms with van der Waals surface area (Å²) in [4.78, 5) is 53.2. The first-order chi connectivity index (χ1) is 26.5. The number of carbonyl (C=O) groups is 4. The van der Waals surface area contributed by atoms with E-state index in [4.69, 9.17) is 9.47 Å². The maximum absolute atomic E-state index is 13.8. The number of benzene rings is 4. The predicted molar refractivity (Wildman–Crippen MR) is 210 cm³/mol. The Balaban J connectivity index is 1.49. The molecule has 0 aliphatic heterocycles. The Hall–Kier alpha value is -5.72. The van der Waals surface area contributed by atoms with E-state index < -0.39 is 48.2 Å². The van der Waals surface area contributed by atoms with Gasteiger partial charge in [-0.1, -0.05) is 149 Å². The van der Waals surface area contributed by atoms with E-state index in [0.717, 1.165) is 22.3 Å². The van der Waals surface area contributed by atoms with Crippen LogP contribution in [0.2, 0.25) is 0 Å². The highest BCUT2D eigenvalue weighted by atomic mass is 16.6. The summed E-state index contributed by atoms with van der Waals surface area (Å²) < 4.78 is 10.8. The monoisotopic (exact) mass is 751 g/mol. The lowest BCUT2D eigenvalue weighted by Gasteiger charge is -2.33. The van der Waals surface area contributed by atoms with Gasteiger partial charge in [-0.15, -0.1) is 0 Å². The van der Waals surface area contributed by atoms with Gasteiger partial charge in [0, 0.05) is 13.1 Å². The van der Waals surface area contributed by atoms with Gasteiger partial charge < -0.3 is 30.5 Å². The van der Waals surface area contributed by atoms with Crippen molar-refractivity contribution in [3.05, 3.63) is 144 Å². The molecule has 0 aliphatic carbocycles. The van der Waals surface area contributed by atoms with Crippen molar-refractivity contribution in [1.29, 1.82) is 0 Å². The summed E-state index contributed by atoms with van der Waals surface area (Å²) in [7, 11) is 0. The van der Waals surface area contributed by atoms with Crippen LogP contribution in [0.15, 0.2) is 121 Å². The number of hydrogen-bond acceptors (Lipinski definition) is 8. The van der Waals surface area contributed by atoms with Gasteiger partial charge in [-0.25, -0.2) is 14.6 Å². The Kier molecular flexibility index (Phi) is 16.7. The smallest absolute Gasteiger partial charge is 0.408 e. The third kappa shape index (κ3) is 14.6. The number of rotatable bonds is 19. The molecule has 0 unspecified atom stereocenters. The number of ether oxygens (including phenoxy) is 2. The third-order valence-electron chi connectivity index (χ3n) is 8.85. The molecule has 0 aliphatic rings. The van der Waals surface area contributed by atoms with E-state index in [-0.39, 0.29) is 44.6 Å². The number of carbonyl (C=O) groups excluding carboxylic acids is 4. The minimum Gasteiger partial charge on any atom is -0.445 e. The lowest BCUT2D eigenvalue weighted by atomic mass is 9.98. The van der Waals surface area contributed by atoms with Gasteiger partial charge in [0.1, 0.15) is 25.3 Å². The second-order valence-electron chi connectivity index (χ2n) is 14.1. The molecule has 4 aromatic rings. The van der Waals surface area contributed by atoms with Gasteiger partial charge in [0.25, 0.3) is 5.91 Å². The Morgan fingerprint density at radius 1 is 0.564 bits per heavy atom. The summed E-state index contributed by atoms with van der Waals surface area (Å²) >= 11 is 0. The van der Waals surface area contributed by atoms with E-state index in [1.54, 1.807) is 32.7 Å². The zero-order valence-corrected chi connectivity index (χ0v) is 31.9. The van der Waals surface area contributed by atoms with E-state index in [1.165, 1.54) is 0 Å². The molecule has 0 saturated carbocycles. The zero-order chi connectivity index (χ0) is 39.6. The van der Waals surface area contributed by atoms with Crippen LogP contribution in [-0.2, 0) is 45.2 Å². The molecule has 4 rings (SSSR count). The van der Waals surface area contributed by atoms with Crippen molar-refractivity contribution in [2.75, 3.05) is 6.54 Å². The summed E-state index contributed by atoms with van der Waals surface area (Å²) in [5.74, 6) is -1.62. The molecule has 0 bridgehead atoms. The molecule has 4 amide bonds. The molecule has 292 valence electrons. The summed E-state index contributed by atoms with van der Waals surface area (Å²) in [6.07, 6.45) is -2.43. The number of aliphatic hydroxyl groups is 1. The molecule has 4 aromatic carbocycles. The van der Waals surface area contributed by atoms with Crippen LogP contribution in [0.1, 0.15) is 49.9 Å². The van der Waals surface area contributed by atoms with Crippen LogP contribution >= 0.6 is 0 Å². The van der Waals surface area contributed by atoms with E-state index in [0.29, 0.717) is 0 Å². The van der Waals surface area contributed by atoms with Crippen molar-refractivity contribution >= 4 is 24.0 Å². The number of hydrazine groups is 1. The average molecular weight is 752 g/mol. The first-order valence-electron chi connectivity index (χ1n) is 18.5. The Morgan fingerprint density at radius 3 is 1.40 bits per heavy atom. The van der Waals surface area contributed by atoms with Gasteiger partial charge >= 0.3 is 12.2 Å². The first kappa shape index (κ1) is 42.0. The number of hydrogen-bond donors (Lipinski definition) is 5. The molecular weight excluding hydrogens is 699 g/mol. The minimum atomic E-state index is -1.20. The van der Waals surface area contributed by atoms with Crippen molar-refractivity contribution in [3.63, 3.8) is 0 Å². The van der Waals surface area contributed by atoms with E-state index in [2.05, 4.69) is 21.4 Å². The van der Waals surface area contributed by atoms with Gasteiger partial charge in [0.05, 0.1) is 12.1 Å². The van der Waals surface area contributed by atoms with E-state index in [9.17, 15) is 24.3 Å². The second-order valence-corrected chi connectivity index (χ2v) is 14.1. The SMILES string of the molecule is CC(C)[C@@H](NC(=O)OCc1ccccc1)C(=O)N[C@@H](Cc1ccccc1)[C@@H](O)CN(Cc1ccccc1)NC(=O)[C@H](NC(=O)OCc1ccccc1)C(C)C. The van der Waals surface area contributed by atoms with Gasteiger partial charge in [0.2, 0.25) is 5.91 Å². The highest BCUT2D eigenvalue weighted by molar-refractivity contribution is 5.86. The molecule has 12 nitrogen and oxygen atoms in total. The molecular formula is C43H53N5O7. The topological polar surface area (TPSA) is 158 Å². The average Bonchev–Trinajstić information content (AvgIpc) is 3.18. The Bertz CT molecular complexity index is 1760. The van der Waals surface area contributed by atoms with Gasteiger partial charge in [-0.2, -0.15) is 0 Å². The van der Waals surface area contributed by atoms with Gasteiger partial charge in [-0.05, 0) is 40.5 Å². The number of aliphatic hydroxyl groups excluding tert-OH is 1. The molecule has 0 spiro atoms. The normalized spacial score (nSPS) is 13.3. The molecule has 0 radical (unpaired) electrons. The summed E-state index contributed by atoms with van der Waals surface area (Å²) in [6.45, 7) is 7.42. The highest BCUT2D eigenvalue weighted by Gasteiger charge is 2.32. The summed E-state index contributed by atoms with van der Waals surface area (Å²) in [6, 6.07) is 34.5. The van der Waals surface area contributed by atoms with Gasteiger partial charge in [-0.3, -0.25) is 15.0 Å². The quantitative estimate of drug-likeness (QED) is 0.0786. The molecule has 0 saturated heterocycles. The van der Waals surface area contributed by atoms with Crippen LogP contribution in [0.3, 0.4) is 0 Å². The van der Waals surface area contributed by atoms with Crippen LogP contribution in [0.4, 0.5) is 9.59 Å².